The van der Waals surface area contributed by atoms with Crippen molar-refractivity contribution in [2.24, 2.45) is 5.92 Å². The van der Waals surface area contributed by atoms with Gasteiger partial charge in [0, 0.05) is 17.7 Å². The van der Waals surface area contributed by atoms with E-state index in [1.54, 1.807) is 48.5 Å². The molecular formula is C20H21N3O2. The molecule has 2 N–H and O–H groups in total. The van der Waals surface area contributed by atoms with Crippen molar-refractivity contribution in [1.29, 1.82) is 5.26 Å². The van der Waals surface area contributed by atoms with Gasteiger partial charge < -0.3 is 10.6 Å². The molecule has 2 aromatic carbocycles. The Bertz CT molecular complexity index is 789. The summed E-state index contributed by atoms with van der Waals surface area (Å²) in [6.07, 6.45) is 0.921. The van der Waals surface area contributed by atoms with Crippen LogP contribution in [0, 0.1) is 17.2 Å². The van der Waals surface area contributed by atoms with Crippen molar-refractivity contribution in [1.82, 2.24) is 5.32 Å². The van der Waals surface area contributed by atoms with Crippen LogP contribution >= 0.6 is 0 Å². The molecule has 0 saturated heterocycles. The van der Waals surface area contributed by atoms with Crippen molar-refractivity contribution in [2.45, 2.75) is 20.3 Å². The minimum absolute atomic E-state index is 0.151. The van der Waals surface area contributed by atoms with Gasteiger partial charge in [-0.05, 0) is 48.7 Å². The van der Waals surface area contributed by atoms with E-state index < -0.39 is 0 Å². The number of hydrogen-bond donors (Lipinski definition) is 2. The quantitative estimate of drug-likeness (QED) is 0.846. The number of nitrogens with one attached hydrogen (secondary N) is 2. The lowest BCUT2D eigenvalue weighted by molar-refractivity contribution is 0.0950. The molecule has 0 aliphatic heterocycles. The highest BCUT2D eigenvalue weighted by Gasteiger charge is 2.11. The van der Waals surface area contributed by atoms with Crippen LogP contribution in [0.2, 0.25) is 0 Å². The number of rotatable bonds is 6. The van der Waals surface area contributed by atoms with Crippen LogP contribution < -0.4 is 10.6 Å². The summed E-state index contributed by atoms with van der Waals surface area (Å²) in [7, 11) is 0. The number of nitrogens with zero attached hydrogens (tertiary/aromatic N) is 1. The van der Waals surface area contributed by atoms with E-state index in [2.05, 4.69) is 24.5 Å². The summed E-state index contributed by atoms with van der Waals surface area (Å²) in [4.78, 5) is 24.3. The second kappa shape index (κ2) is 8.65. The number of benzene rings is 2. The molecule has 0 aromatic heterocycles. The van der Waals surface area contributed by atoms with E-state index in [9.17, 15) is 9.59 Å². The van der Waals surface area contributed by atoms with Crippen LogP contribution in [-0.4, -0.2) is 18.4 Å². The largest absolute Gasteiger partial charge is 0.352 e. The molecule has 2 aromatic rings. The van der Waals surface area contributed by atoms with Crippen LogP contribution in [0.15, 0.2) is 48.5 Å². The zero-order valence-electron chi connectivity index (χ0n) is 14.4. The molecule has 2 amide bonds. The fourth-order valence-corrected chi connectivity index (χ4v) is 2.23. The number of anilines is 1. The SMILES string of the molecule is CC(C)CCNC(=O)c1ccc(C(=O)Nc2ccccc2C#N)cc1. The number of hydrogen-bond acceptors (Lipinski definition) is 3. The third kappa shape index (κ3) is 5.18. The molecule has 0 saturated carbocycles. The van der Waals surface area contributed by atoms with Crippen LogP contribution in [0.3, 0.4) is 0 Å². The molecule has 0 spiro atoms. The van der Waals surface area contributed by atoms with Crippen LogP contribution in [0.5, 0.6) is 0 Å². The van der Waals surface area contributed by atoms with Crippen LogP contribution in [0.25, 0.3) is 0 Å². The van der Waals surface area contributed by atoms with E-state index in [1.165, 1.54) is 0 Å². The summed E-state index contributed by atoms with van der Waals surface area (Å²) in [5.41, 5.74) is 1.80. The number of para-hydroxylation sites is 1. The Morgan fingerprint density at radius 2 is 1.60 bits per heavy atom. The smallest absolute Gasteiger partial charge is 0.255 e. The first-order chi connectivity index (χ1) is 12.0. The third-order valence-electron chi connectivity index (χ3n) is 3.71. The molecule has 0 aliphatic rings. The molecule has 128 valence electrons. The Morgan fingerprint density at radius 1 is 1.00 bits per heavy atom. The second-order valence-corrected chi connectivity index (χ2v) is 6.13. The third-order valence-corrected chi connectivity index (χ3v) is 3.71. The first-order valence-electron chi connectivity index (χ1n) is 8.20. The highest BCUT2D eigenvalue weighted by Crippen LogP contribution is 2.15. The van der Waals surface area contributed by atoms with Gasteiger partial charge in [0.05, 0.1) is 11.3 Å². The molecule has 0 heterocycles. The maximum Gasteiger partial charge on any atom is 0.255 e. The van der Waals surface area contributed by atoms with Gasteiger partial charge >= 0.3 is 0 Å². The molecule has 25 heavy (non-hydrogen) atoms. The molecule has 5 nitrogen and oxygen atoms in total. The van der Waals surface area contributed by atoms with E-state index in [0.29, 0.717) is 34.8 Å². The Hall–Kier alpha value is -3.13. The summed E-state index contributed by atoms with van der Waals surface area (Å²) < 4.78 is 0. The minimum Gasteiger partial charge on any atom is -0.352 e. The van der Waals surface area contributed by atoms with Crippen LogP contribution in [-0.2, 0) is 0 Å². The van der Waals surface area contributed by atoms with E-state index in [1.807, 2.05) is 6.07 Å². The standard InChI is InChI=1S/C20H21N3O2/c1-14(2)11-12-22-19(24)15-7-9-16(10-8-15)20(25)23-18-6-4-3-5-17(18)13-21/h3-10,14H,11-12H2,1-2H3,(H,22,24)(H,23,25). The number of amides is 2. The Morgan fingerprint density at radius 3 is 2.20 bits per heavy atom. The van der Waals surface area contributed by atoms with Crippen molar-refractivity contribution in [3.05, 3.63) is 65.2 Å². The molecular weight excluding hydrogens is 314 g/mol. The fourth-order valence-electron chi connectivity index (χ4n) is 2.23. The summed E-state index contributed by atoms with van der Waals surface area (Å²) in [5, 5.41) is 14.6. The van der Waals surface area contributed by atoms with Gasteiger partial charge in [-0.2, -0.15) is 5.26 Å². The zero-order valence-corrected chi connectivity index (χ0v) is 14.4. The van der Waals surface area contributed by atoms with Gasteiger partial charge in [0.1, 0.15) is 6.07 Å². The number of carbonyl (C=O) groups excluding carboxylic acids is 2. The molecule has 0 fully saturated rings. The lowest BCUT2D eigenvalue weighted by Gasteiger charge is -2.09. The summed E-state index contributed by atoms with van der Waals surface area (Å²) in [5.74, 6) is 0.0551. The maximum atomic E-state index is 12.3. The van der Waals surface area contributed by atoms with Crippen molar-refractivity contribution in [2.75, 3.05) is 11.9 Å². The van der Waals surface area contributed by atoms with Gasteiger partial charge in [-0.3, -0.25) is 9.59 Å². The maximum absolute atomic E-state index is 12.3. The Balaban J connectivity index is 2.00. The zero-order chi connectivity index (χ0) is 18.2. The highest BCUT2D eigenvalue weighted by molar-refractivity contribution is 6.05. The van der Waals surface area contributed by atoms with Crippen molar-refractivity contribution < 1.29 is 9.59 Å². The fraction of sp³-hybridized carbons (Fsp3) is 0.250. The van der Waals surface area contributed by atoms with E-state index in [0.717, 1.165) is 6.42 Å². The average molecular weight is 335 g/mol. The van der Waals surface area contributed by atoms with Gasteiger partial charge in [0.15, 0.2) is 0 Å². The predicted octanol–water partition coefficient (Wildman–Crippen LogP) is 3.59. The van der Waals surface area contributed by atoms with E-state index >= 15 is 0 Å². The lowest BCUT2D eigenvalue weighted by atomic mass is 10.1. The van der Waals surface area contributed by atoms with Gasteiger partial charge in [-0.1, -0.05) is 26.0 Å². The molecule has 2 rings (SSSR count). The second-order valence-electron chi connectivity index (χ2n) is 6.13. The first kappa shape index (κ1) is 18.2. The average Bonchev–Trinajstić information content (AvgIpc) is 2.62. The topological polar surface area (TPSA) is 82.0 Å². The van der Waals surface area contributed by atoms with Crippen molar-refractivity contribution in [3.63, 3.8) is 0 Å². The molecule has 0 radical (unpaired) electrons. The summed E-state index contributed by atoms with van der Waals surface area (Å²) in [6.45, 7) is 4.83. The minimum atomic E-state index is -0.325. The molecule has 0 aliphatic carbocycles. The van der Waals surface area contributed by atoms with Gasteiger partial charge in [0.2, 0.25) is 0 Å². The molecule has 0 bridgehead atoms. The van der Waals surface area contributed by atoms with Crippen molar-refractivity contribution >= 4 is 17.5 Å². The van der Waals surface area contributed by atoms with E-state index in [4.69, 9.17) is 5.26 Å². The molecule has 0 atom stereocenters. The van der Waals surface area contributed by atoms with Gasteiger partial charge in [-0.15, -0.1) is 0 Å². The molecule has 0 unspecified atom stereocenters. The first-order valence-corrected chi connectivity index (χ1v) is 8.20. The Kier molecular flexibility index (Phi) is 6.30. The van der Waals surface area contributed by atoms with Gasteiger partial charge in [-0.25, -0.2) is 0 Å². The van der Waals surface area contributed by atoms with E-state index in [-0.39, 0.29) is 11.8 Å². The van der Waals surface area contributed by atoms with Crippen LogP contribution in [0.4, 0.5) is 5.69 Å². The summed E-state index contributed by atoms with van der Waals surface area (Å²) in [6, 6.07) is 15.3. The van der Waals surface area contributed by atoms with Crippen LogP contribution in [0.1, 0.15) is 46.5 Å². The van der Waals surface area contributed by atoms with Gasteiger partial charge in [0.25, 0.3) is 11.8 Å². The predicted molar refractivity (Wildman–Crippen MR) is 97.3 cm³/mol. The monoisotopic (exact) mass is 335 g/mol. The van der Waals surface area contributed by atoms with Crippen molar-refractivity contribution in [3.8, 4) is 6.07 Å². The Labute approximate surface area is 147 Å². The number of nitriles is 1. The molecule has 5 heteroatoms. The highest BCUT2D eigenvalue weighted by atomic mass is 16.2. The normalized spacial score (nSPS) is 10.2. The lowest BCUT2D eigenvalue weighted by Crippen LogP contribution is -2.25. The number of carbonyl (C=O) groups is 2. The summed E-state index contributed by atoms with van der Waals surface area (Å²) >= 11 is 0.